The molecule has 0 amide bonds. The van der Waals surface area contributed by atoms with Gasteiger partial charge in [0.05, 0.1) is 0 Å². The van der Waals surface area contributed by atoms with Gasteiger partial charge in [-0.1, -0.05) is 6.42 Å². The third-order valence-corrected chi connectivity index (χ3v) is 4.27. The van der Waals surface area contributed by atoms with Crippen LogP contribution in [0.1, 0.15) is 31.2 Å². The molecule has 0 aromatic heterocycles. The number of hydrogen-bond donors (Lipinski definition) is 1. The average Bonchev–Trinajstić information content (AvgIpc) is 2.65. The highest BCUT2D eigenvalue weighted by molar-refractivity contribution is 5.37. The summed E-state index contributed by atoms with van der Waals surface area (Å²) in [6, 6.07) is 4.79. The van der Waals surface area contributed by atoms with Gasteiger partial charge in [0.15, 0.2) is 0 Å². The van der Waals surface area contributed by atoms with Crippen molar-refractivity contribution < 1.29 is 9.13 Å². The normalized spacial score (nSPS) is 24.9. The topological polar surface area (TPSA) is 35.2 Å². The summed E-state index contributed by atoms with van der Waals surface area (Å²) in [5, 5.41) is 0. The van der Waals surface area contributed by atoms with E-state index in [1.165, 1.54) is 25.3 Å². The Morgan fingerprint density at radius 3 is 2.88 bits per heavy atom. The summed E-state index contributed by atoms with van der Waals surface area (Å²) in [6.45, 7) is 0.748. The lowest BCUT2D eigenvalue weighted by Gasteiger charge is -2.42. The summed E-state index contributed by atoms with van der Waals surface area (Å²) >= 11 is 0. The highest BCUT2D eigenvalue weighted by Crippen LogP contribution is 2.46. The van der Waals surface area contributed by atoms with E-state index in [0.717, 1.165) is 30.7 Å². The van der Waals surface area contributed by atoms with Crippen LogP contribution < -0.4 is 10.5 Å². The van der Waals surface area contributed by atoms with Crippen LogP contribution in [-0.2, 0) is 6.42 Å². The number of rotatable bonds is 3. The van der Waals surface area contributed by atoms with Crippen molar-refractivity contribution in [2.45, 2.75) is 38.2 Å². The highest BCUT2D eigenvalue weighted by Gasteiger charge is 2.39. The molecule has 0 saturated heterocycles. The van der Waals surface area contributed by atoms with Crippen molar-refractivity contribution in [3.63, 3.8) is 0 Å². The number of halogens is 1. The van der Waals surface area contributed by atoms with E-state index in [0.29, 0.717) is 5.41 Å². The lowest BCUT2D eigenvalue weighted by Crippen LogP contribution is -2.41. The maximum absolute atomic E-state index is 13.1. The summed E-state index contributed by atoms with van der Waals surface area (Å²) in [6.07, 6.45) is 5.75. The predicted octanol–water partition coefficient (Wildman–Crippen LogP) is 2.65. The molecule has 1 aromatic carbocycles. The second-order valence-corrected chi connectivity index (χ2v) is 5.46. The molecule has 0 radical (unpaired) electrons. The van der Waals surface area contributed by atoms with Crippen molar-refractivity contribution >= 4 is 0 Å². The zero-order chi connectivity index (χ0) is 11.9. The predicted molar refractivity (Wildman–Crippen MR) is 64.5 cm³/mol. The third kappa shape index (κ3) is 1.93. The Bertz CT molecular complexity index is 423. The zero-order valence-electron chi connectivity index (χ0n) is 9.92. The molecule has 1 unspecified atom stereocenters. The Balaban J connectivity index is 1.70. The van der Waals surface area contributed by atoms with Crippen LogP contribution in [-0.4, -0.2) is 12.6 Å². The van der Waals surface area contributed by atoms with E-state index >= 15 is 0 Å². The van der Waals surface area contributed by atoms with Crippen molar-refractivity contribution in [2.75, 3.05) is 6.54 Å². The van der Waals surface area contributed by atoms with Crippen molar-refractivity contribution in [2.24, 2.45) is 11.1 Å². The Kier molecular flexibility index (Phi) is 2.58. The van der Waals surface area contributed by atoms with E-state index in [4.69, 9.17) is 10.5 Å². The number of nitrogens with two attached hydrogens (primary N) is 1. The maximum atomic E-state index is 13.1. The fraction of sp³-hybridized carbons (Fsp3) is 0.571. The Morgan fingerprint density at radius 1 is 1.41 bits per heavy atom. The minimum atomic E-state index is -0.176. The SMILES string of the molecule is NCC1(CC2Cc3cc(F)ccc3O2)CCC1. The number of ether oxygens (including phenoxy) is 1. The molecule has 3 heteroatoms. The first-order valence-corrected chi connectivity index (χ1v) is 6.36. The lowest BCUT2D eigenvalue weighted by atomic mass is 9.65. The van der Waals surface area contributed by atoms with Crippen LogP contribution in [0.25, 0.3) is 0 Å². The fourth-order valence-electron chi connectivity index (χ4n) is 3.05. The smallest absolute Gasteiger partial charge is 0.123 e. The zero-order valence-corrected chi connectivity index (χ0v) is 9.92. The number of hydrogen-bond acceptors (Lipinski definition) is 2. The monoisotopic (exact) mass is 235 g/mol. The molecule has 1 aromatic rings. The molecule has 17 heavy (non-hydrogen) atoms. The molecule has 0 spiro atoms. The van der Waals surface area contributed by atoms with Crippen molar-refractivity contribution in [1.82, 2.24) is 0 Å². The molecule has 3 rings (SSSR count). The molecule has 0 bridgehead atoms. The Morgan fingerprint density at radius 2 is 2.24 bits per heavy atom. The van der Waals surface area contributed by atoms with Crippen LogP contribution in [0.3, 0.4) is 0 Å². The van der Waals surface area contributed by atoms with Gasteiger partial charge in [-0.25, -0.2) is 4.39 Å². The van der Waals surface area contributed by atoms with Crippen molar-refractivity contribution in [1.29, 1.82) is 0 Å². The quantitative estimate of drug-likeness (QED) is 0.874. The molecule has 1 heterocycles. The van der Waals surface area contributed by atoms with Gasteiger partial charge in [0.2, 0.25) is 0 Å². The van der Waals surface area contributed by atoms with Gasteiger partial charge in [-0.05, 0) is 49.4 Å². The second-order valence-electron chi connectivity index (χ2n) is 5.46. The number of benzene rings is 1. The Hall–Kier alpha value is -1.09. The van der Waals surface area contributed by atoms with Crippen LogP contribution in [0.15, 0.2) is 18.2 Å². The first kappa shape index (κ1) is 11.0. The third-order valence-electron chi connectivity index (χ3n) is 4.27. The van der Waals surface area contributed by atoms with E-state index in [2.05, 4.69) is 0 Å². The van der Waals surface area contributed by atoms with Crippen LogP contribution in [0.5, 0.6) is 5.75 Å². The minimum Gasteiger partial charge on any atom is -0.490 e. The second kappa shape index (κ2) is 3.98. The van der Waals surface area contributed by atoms with E-state index in [1.54, 1.807) is 12.1 Å². The molecular formula is C14H18FNO. The minimum absolute atomic E-state index is 0.176. The molecule has 1 atom stereocenters. The van der Waals surface area contributed by atoms with Gasteiger partial charge < -0.3 is 10.5 Å². The number of fused-ring (bicyclic) bond motifs is 1. The first-order chi connectivity index (χ1) is 8.21. The standard InChI is InChI=1S/C14H18FNO/c15-11-2-3-13-10(6-11)7-12(17-13)8-14(9-16)4-1-5-14/h2-3,6,12H,1,4-5,7-9,16H2. The van der Waals surface area contributed by atoms with Gasteiger partial charge in [0.1, 0.15) is 17.7 Å². The van der Waals surface area contributed by atoms with Gasteiger partial charge in [0.25, 0.3) is 0 Å². The van der Waals surface area contributed by atoms with Crippen molar-refractivity contribution in [3.8, 4) is 5.75 Å². The molecule has 1 fully saturated rings. The summed E-state index contributed by atoms with van der Waals surface area (Å²) in [7, 11) is 0. The van der Waals surface area contributed by atoms with E-state index in [9.17, 15) is 4.39 Å². The molecule has 2 nitrogen and oxygen atoms in total. The lowest BCUT2D eigenvalue weighted by molar-refractivity contribution is 0.0693. The highest BCUT2D eigenvalue weighted by atomic mass is 19.1. The fourth-order valence-corrected chi connectivity index (χ4v) is 3.05. The van der Waals surface area contributed by atoms with Gasteiger partial charge in [-0.3, -0.25) is 0 Å². The van der Waals surface area contributed by atoms with Gasteiger partial charge >= 0.3 is 0 Å². The van der Waals surface area contributed by atoms with E-state index < -0.39 is 0 Å². The van der Waals surface area contributed by atoms with Crippen LogP contribution in [0.2, 0.25) is 0 Å². The Labute approximate surface area is 101 Å². The summed E-state index contributed by atoms with van der Waals surface area (Å²) < 4.78 is 19.0. The molecular weight excluding hydrogens is 217 g/mol. The summed E-state index contributed by atoms with van der Waals surface area (Å²) in [4.78, 5) is 0. The van der Waals surface area contributed by atoms with Gasteiger partial charge in [-0.2, -0.15) is 0 Å². The van der Waals surface area contributed by atoms with Gasteiger partial charge in [-0.15, -0.1) is 0 Å². The first-order valence-electron chi connectivity index (χ1n) is 6.36. The maximum Gasteiger partial charge on any atom is 0.123 e. The van der Waals surface area contributed by atoms with Gasteiger partial charge in [0, 0.05) is 12.0 Å². The van der Waals surface area contributed by atoms with E-state index in [-0.39, 0.29) is 11.9 Å². The molecule has 1 saturated carbocycles. The van der Waals surface area contributed by atoms with E-state index in [1.807, 2.05) is 0 Å². The molecule has 92 valence electrons. The summed E-state index contributed by atoms with van der Waals surface area (Å²) in [5.41, 5.74) is 7.16. The average molecular weight is 235 g/mol. The molecule has 2 aliphatic rings. The molecule has 1 aliphatic heterocycles. The molecule has 1 aliphatic carbocycles. The van der Waals surface area contributed by atoms with Crippen LogP contribution >= 0.6 is 0 Å². The van der Waals surface area contributed by atoms with Crippen LogP contribution in [0, 0.1) is 11.2 Å². The molecule has 2 N–H and O–H groups in total. The van der Waals surface area contributed by atoms with Crippen LogP contribution in [0.4, 0.5) is 4.39 Å². The largest absolute Gasteiger partial charge is 0.490 e. The summed E-state index contributed by atoms with van der Waals surface area (Å²) in [5.74, 6) is 0.674. The van der Waals surface area contributed by atoms with Crippen molar-refractivity contribution in [3.05, 3.63) is 29.6 Å².